The van der Waals surface area contributed by atoms with E-state index in [0.29, 0.717) is 0 Å². The quantitative estimate of drug-likeness (QED) is 0.623. The number of para-hydroxylation sites is 1. The van der Waals surface area contributed by atoms with Crippen LogP contribution in [0.5, 0.6) is 0 Å². The van der Waals surface area contributed by atoms with Crippen molar-refractivity contribution >= 4 is 21.8 Å². The molecular formula is C20H26ClN2O-. The maximum absolute atomic E-state index is 5.36. The molecule has 1 N–H and O–H groups in total. The Morgan fingerprint density at radius 1 is 1.00 bits per heavy atom. The Morgan fingerprint density at radius 3 is 2.58 bits per heavy atom. The van der Waals surface area contributed by atoms with Crippen molar-refractivity contribution in [1.82, 2.24) is 9.88 Å². The summed E-state index contributed by atoms with van der Waals surface area (Å²) in [6.45, 7) is 8.79. The number of nitrogens with one attached hydrogen (secondary N) is 1. The Morgan fingerprint density at radius 2 is 1.79 bits per heavy atom. The average Bonchev–Trinajstić information content (AvgIpc) is 2.91. The number of nitrogens with zero attached hydrogens (tertiary/aromatic N) is 1. The lowest BCUT2D eigenvalue weighted by Gasteiger charge is -2.06. The lowest BCUT2D eigenvalue weighted by atomic mass is 10.1. The largest absolute Gasteiger partial charge is 1.00 e. The van der Waals surface area contributed by atoms with Gasteiger partial charge < -0.3 is 27.0 Å². The number of hydrogen-bond donors (Lipinski definition) is 1. The van der Waals surface area contributed by atoms with Gasteiger partial charge in [-0.05, 0) is 50.6 Å². The van der Waals surface area contributed by atoms with E-state index < -0.39 is 0 Å². The van der Waals surface area contributed by atoms with Crippen LogP contribution in [0.4, 0.5) is 0 Å². The summed E-state index contributed by atoms with van der Waals surface area (Å²) in [7, 11) is 0. The van der Waals surface area contributed by atoms with Gasteiger partial charge in [-0.25, -0.2) is 0 Å². The van der Waals surface area contributed by atoms with Gasteiger partial charge in [-0.15, -0.1) is 0 Å². The van der Waals surface area contributed by atoms with E-state index >= 15 is 0 Å². The van der Waals surface area contributed by atoms with Crippen molar-refractivity contribution in [2.75, 3.05) is 19.8 Å². The van der Waals surface area contributed by atoms with E-state index in [1.165, 1.54) is 27.4 Å². The van der Waals surface area contributed by atoms with Crippen LogP contribution in [0.3, 0.4) is 0 Å². The second kappa shape index (κ2) is 9.07. The molecule has 0 unspecified atom stereocenters. The van der Waals surface area contributed by atoms with Gasteiger partial charge in [0, 0.05) is 48.1 Å². The summed E-state index contributed by atoms with van der Waals surface area (Å²) < 4.78 is 7.76. The van der Waals surface area contributed by atoms with Crippen LogP contribution in [0.1, 0.15) is 25.8 Å². The normalized spacial score (nSPS) is 11.1. The summed E-state index contributed by atoms with van der Waals surface area (Å²) in [5.74, 6) is 0. The van der Waals surface area contributed by atoms with E-state index in [4.69, 9.17) is 4.74 Å². The molecule has 0 spiro atoms. The molecule has 0 bridgehead atoms. The molecule has 0 saturated carbocycles. The zero-order valence-corrected chi connectivity index (χ0v) is 15.3. The Kier molecular flexibility index (Phi) is 7.10. The summed E-state index contributed by atoms with van der Waals surface area (Å²) >= 11 is 0. The van der Waals surface area contributed by atoms with Gasteiger partial charge in [0.1, 0.15) is 0 Å². The maximum atomic E-state index is 5.36. The SMILES string of the molecule is CCOCCCNCc1ccc2c(c1)c1ccccc1n2CC.[Cl-]. The first-order chi connectivity index (χ1) is 11.3. The predicted molar refractivity (Wildman–Crippen MR) is 97.9 cm³/mol. The first kappa shape index (κ1) is 18.8. The molecule has 0 radical (unpaired) electrons. The highest BCUT2D eigenvalue weighted by molar-refractivity contribution is 6.08. The van der Waals surface area contributed by atoms with E-state index in [2.05, 4.69) is 59.3 Å². The summed E-state index contributed by atoms with van der Waals surface area (Å²) in [6.07, 6.45) is 1.06. The smallest absolute Gasteiger partial charge is 0.0491 e. The van der Waals surface area contributed by atoms with Gasteiger partial charge in [-0.1, -0.05) is 24.3 Å². The van der Waals surface area contributed by atoms with Crippen molar-refractivity contribution < 1.29 is 17.1 Å². The third-order valence-corrected chi connectivity index (χ3v) is 4.33. The van der Waals surface area contributed by atoms with Crippen molar-refractivity contribution in [3.8, 4) is 0 Å². The predicted octanol–water partition coefficient (Wildman–Crippen LogP) is 1.33. The first-order valence-electron chi connectivity index (χ1n) is 8.63. The van der Waals surface area contributed by atoms with Gasteiger partial charge in [0.2, 0.25) is 0 Å². The Labute approximate surface area is 150 Å². The van der Waals surface area contributed by atoms with Crippen LogP contribution in [0.15, 0.2) is 42.5 Å². The second-order valence-corrected chi connectivity index (χ2v) is 5.84. The fourth-order valence-corrected chi connectivity index (χ4v) is 3.23. The van der Waals surface area contributed by atoms with E-state index in [9.17, 15) is 0 Å². The lowest BCUT2D eigenvalue weighted by molar-refractivity contribution is -0.00000558. The van der Waals surface area contributed by atoms with Gasteiger partial charge in [-0.3, -0.25) is 0 Å². The van der Waals surface area contributed by atoms with Crippen molar-refractivity contribution in [3.63, 3.8) is 0 Å². The van der Waals surface area contributed by atoms with Gasteiger partial charge in [0.05, 0.1) is 0 Å². The zero-order chi connectivity index (χ0) is 16.1. The first-order valence-corrected chi connectivity index (χ1v) is 8.63. The summed E-state index contributed by atoms with van der Waals surface area (Å²) in [4.78, 5) is 0. The molecule has 3 aromatic rings. The molecule has 0 saturated heterocycles. The molecule has 3 rings (SSSR count). The molecule has 0 atom stereocenters. The number of aromatic nitrogens is 1. The molecule has 0 fully saturated rings. The molecule has 1 aromatic heterocycles. The molecule has 0 aliphatic carbocycles. The highest BCUT2D eigenvalue weighted by atomic mass is 35.5. The van der Waals surface area contributed by atoms with Crippen LogP contribution in [0.2, 0.25) is 0 Å². The van der Waals surface area contributed by atoms with Crippen molar-refractivity contribution in [1.29, 1.82) is 0 Å². The molecule has 130 valence electrons. The highest BCUT2D eigenvalue weighted by Gasteiger charge is 2.09. The van der Waals surface area contributed by atoms with Crippen LogP contribution in [0.25, 0.3) is 21.8 Å². The van der Waals surface area contributed by atoms with Crippen molar-refractivity contribution in [2.45, 2.75) is 33.4 Å². The van der Waals surface area contributed by atoms with E-state index in [1.807, 2.05) is 6.92 Å². The topological polar surface area (TPSA) is 26.2 Å². The molecule has 1 heterocycles. The van der Waals surface area contributed by atoms with Gasteiger partial charge in [0.25, 0.3) is 0 Å². The van der Waals surface area contributed by atoms with Crippen LogP contribution >= 0.6 is 0 Å². The van der Waals surface area contributed by atoms with Crippen molar-refractivity contribution in [2.24, 2.45) is 0 Å². The molecule has 0 aliphatic heterocycles. The number of benzene rings is 2. The van der Waals surface area contributed by atoms with Gasteiger partial charge in [-0.2, -0.15) is 0 Å². The fraction of sp³-hybridized carbons (Fsp3) is 0.400. The zero-order valence-electron chi connectivity index (χ0n) is 14.5. The standard InChI is InChI=1S/C20H26N2O.ClH/c1-3-22-19-9-6-5-8-17(19)18-14-16(10-11-20(18)22)15-21-12-7-13-23-4-2;/h5-6,8-11,14,21H,3-4,7,12-13,15H2,1-2H3;1H/p-1. The van der Waals surface area contributed by atoms with Crippen LogP contribution in [0, 0.1) is 0 Å². The summed E-state index contributed by atoms with van der Waals surface area (Å²) in [5.41, 5.74) is 3.99. The monoisotopic (exact) mass is 345 g/mol. The van der Waals surface area contributed by atoms with Crippen LogP contribution in [-0.4, -0.2) is 24.3 Å². The number of ether oxygens (including phenoxy) is 1. The second-order valence-electron chi connectivity index (χ2n) is 5.84. The number of fused-ring (bicyclic) bond motifs is 3. The minimum absolute atomic E-state index is 0. The molecule has 2 aromatic carbocycles. The van der Waals surface area contributed by atoms with Gasteiger partial charge >= 0.3 is 0 Å². The summed E-state index contributed by atoms with van der Waals surface area (Å²) in [5, 5.41) is 6.21. The average molecular weight is 346 g/mol. The molecule has 24 heavy (non-hydrogen) atoms. The Bertz CT molecular complexity index is 782. The number of rotatable bonds is 8. The Balaban J connectivity index is 0.00000208. The number of hydrogen-bond acceptors (Lipinski definition) is 2. The number of halogens is 1. The van der Waals surface area contributed by atoms with E-state index in [1.54, 1.807) is 0 Å². The minimum Gasteiger partial charge on any atom is -1.00 e. The maximum Gasteiger partial charge on any atom is 0.0491 e. The molecule has 3 nitrogen and oxygen atoms in total. The molecular weight excluding hydrogens is 320 g/mol. The van der Waals surface area contributed by atoms with Crippen molar-refractivity contribution in [3.05, 3.63) is 48.0 Å². The minimum atomic E-state index is 0. The number of aryl methyl sites for hydroxylation is 1. The van der Waals surface area contributed by atoms with E-state index in [-0.39, 0.29) is 12.4 Å². The van der Waals surface area contributed by atoms with Gasteiger partial charge in [0.15, 0.2) is 0 Å². The Hall–Kier alpha value is -1.55. The third kappa shape index (κ3) is 3.92. The third-order valence-electron chi connectivity index (χ3n) is 4.33. The highest BCUT2D eigenvalue weighted by Crippen LogP contribution is 2.29. The van der Waals surface area contributed by atoms with E-state index in [0.717, 1.165) is 39.3 Å². The summed E-state index contributed by atoms with van der Waals surface area (Å²) in [6, 6.07) is 15.5. The molecule has 4 heteroatoms. The molecule has 0 amide bonds. The molecule has 0 aliphatic rings. The fourth-order valence-electron chi connectivity index (χ4n) is 3.23. The van der Waals surface area contributed by atoms with Crippen LogP contribution < -0.4 is 17.7 Å². The van der Waals surface area contributed by atoms with Crippen LogP contribution in [-0.2, 0) is 17.8 Å². The lowest BCUT2D eigenvalue weighted by Crippen LogP contribution is -3.00.